The molecule has 21 heavy (non-hydrogen) atoms. The molecule has 2 aromatic rings. The fourth-order valence-electron chi connectivity index (χ4n) is 3.45. The molecule has 1 atom stereocenters. The number of ether oxygens (including phenoxy) is 1. The molecule has 7 heteroatoms. The maximum absolute atomic E-state index is 5.82. The van der Waals surface area contributed by atoms with E-state index in [4.69, 9.17) is 4.74 Å². The molecule has 7 nitrogen and oxygen atoms in total. The number of hydrogen-bond donors (Lipinski definition) is 0. The van der Waals surface area contributed by atoms with Crippen molar-refractivity contribution in [2.24, 2.45) is 0 Å². The fourth-order valence-corrected chi connectivity index (χ4v) is 3.45. The van der Waals surface area contributed by atoms with Gasteiger partial charge in [0, 0.05) is 19.2 Å². The molecule has 0 N–H and O–H groups in total. The maximum atomic E-state index is 5.82. The van der Waals surface area contributed by atoms with Gasteiger partial charge in [0.1, 0.15) is 0 Å². The summed E-state index contributed by atoms with van der Waals surface area (Å²) in [7, 11) is 0. The number of anilines is 1. The third-order valence-electron chi connectivity index (χ3n) is 4.54. The van der Waals surface area contributed by atoms with Crippen molar-refractivity contribution in [3.8, 4) is 0 Å². The lowest BCUT2D eigenvalue weighted by Gasteiger charge is -2.31. The predicted molar refractivity (Wildman–Crippen MR) is 77.2 cm³/mol. The quantitative estimate of drug-likeness (QED) is 0.848. The molecule has 0 unspecified atom stereocenters. The molecule has 0 radical (unpaired) electrons. The van der Waals surface area contributed by atoms with Crippen LogP contribution in [0.2, 0.25) is 0 Å². The van der Waals surface area contributed by atoms with Crippen LogP contribution < -0.4 is 4.90 Å². The Morgan fingerprint density at radius 1 is 1.19 bits per heavy atom. The average Bonchev–Trinajstić information content (AvgIpc) is 3.24. The van der Waals surface area contributed by atoms with Gasteiger partial charge in [0.05, 0.1) is 6.10 Å². The molecule has 112 valence electrons. The molecule has 0 aromatic carbocycles. The van der Waals surface area contributed by atoms with Crippen LogP contribution in [0.25, 0.3) is 5.65 Å². The SMILES string of the molecule is c1cc2nnnn2nc1N(C[C@H]1CCCO1)C1CCCC1. The first-order valence-corrected chi connectivity index (χ1v) is 7.84. The summed E-state index contributed by atoms with van der Waals surface area (Å²) in [5.41, 5.74) is 0.683. The topological polar surface area (TPSA) is 68.4 Å². The van der Waals surface area contributed by atoms with Crippen molar-refractivity contribution in [2.75, 3.05) is 18.1 Å². The van der Waals surface area contributed by atoms with Crippen molar-refractivity contribution in [1.29, 1.82) is 0 Å². The van der Waals surface area contributed by atoms with Gasteiger partial charge in [0.2, 0.25) is 0 Å². The summed E-state index contributed by atoms with van der Waals surface area (Å²) in [6.45, 7) is 1.81. The van der Waals surface area contributed by atoms with Crippen LogP contribution in [-0.2, 0) is 4.74 Å². The van der Waals surface area contributed by atoms with Gasteiger partial charge in [0.15, 0.2) is 11.5 Å². The normalized spacial score (nSPS) is 23.1. The molecule has 0 spiro atoms. The van der Waals surface area contributed by atoms with E-state index in [0.717, 1.165) is 25.4 Å². The number of hydrogen-bond acceptors (Lipinski definition) is 6. The van der Waals surface area contributed by atoms with Crippen molar-refractivity contribution in [2.45, 2.75) is 50.7 Å². The summed E-state index contributed by atoms with van der Waals surface area (Å²) in [6.07, 6.45) is 7.74. The number of aromatic nitrogens is 5. The van der Waals surface area contributed by atoms with Crippen molar-refractivity contribution >= 4 is 11.5 Å². The molecule has 2 aromatic heterocycles. The standard InChI is InChI=1S/C14H20N6O/c1-2-5-11(4-1)19(10-12-6-3-9-21-12)14-8-7-13-15-17-18-20(13)16-14/h7-8,11-12H,1-6,9-10H2/t12-/m1/s1. The minimum Gasteiger partial charge on any atom is -0.376 e. The van der Waals surface area contributed by atoms with Crippen molar-refractivity contribution < 1.29 is 4.74 Å². The van der Waals surface area contributed by atoms with Gasteiger partial charge in [-0.25, -0.2) is 0 Å². The minimum absolute atomic E-state index is 0.331. The Hall–Kier alpha value is -1.76. The van der Waals surface area contributed by atoms with Gasteiger partial charge in [-0.3, -0.25) is 0 Å². The molecule has 0 bridgehead atoms. The van der Waals surface area contributed by atoms with Gasteiger partial charge < -0.3 is 9.64 Å². The third-order valence-corrected chi connectivity index (χ3v) is 4.54. The summed E-state index contributed by atoms with van der Waals surface area (Å²) < 4.78 is 7.33. The fraction of sp³-hybridized carbons (Fsp3) is 0.714. The largest absolute Gasteiger partial charge is 0.376 e. The van der Waals surface area contributed by atoms with Gasteiger partial charge in [-0.15, -0.1) is 14.8 Å². The van der Waals surface area contributed by atoms with Crippen LogP contribution in [0.15, 0.2) is 12.1 Å². The van der Waals surface area contributed by atoms with Crippen molar-refractivity contribution in [1.82, 2.24) is 25.3 Å². The lowest BCUT2D eigenvalue weighted by molar-refractivity contribution is 0.113. The lowest BCUT2D eigenvalue weighted by atomic mass is 10.1. The van der Waals surface area contributed by atoms with E-state index in [9.17, 15) is 0 Å². The Labute approximate surface area is 123 Å². The number of nitrogens with zero attached hydrogens (tertiary/aromatic N) is 6. The van der Waals surface area contributed by atoms with E-state index in [1.807, 2.05) is 12.1 Å². The summed E-state index contributed by atoms with van der Waals surface area (Å²) in [4.78, 5) is 2.41. The molecule has 0 amide bonds. The van der Waals surface area contributed by atoms with E-state index in [0.29, 0.717) is 17.8 Å². The zero-order chi connectivity index (χ0) is 14.1. The lowest BCUT2D eigenvalue weighted by Crippen LogP contribution is -2.40. The van der Waals surface area contributed by atoms with Gasteiger partial charge >= 0.3 is 0 Å². The first-order chi connectivity index (χ1) is 10.4. The molecule has 4 rings (SSSR count). The Morgan fingerprint density at radius 2 is 2.10 bits per heavy atom. The van der Waals surface area contributed by atoms with Crippen molar-refractivity contribution in [3.05, 3.63) is 12.1 Å². The Kier molecular flexibility index (Phi) is 3.42. The summed E-state index contributed by atoms with van der Waals surface area (Å²) in [6, 6.07) is 4.52. The molecule has 1 aliphatic carbocycles. The highest BCUT2D eigenvalue weighted by molar-refractivity contribution is 5.45. The van der Waals surface area contributed by atoms with Gasteiger partial charge in [-0.2, -0.15) is 0 Å². The Balaban J connectivity index is 1.62. The van der Waals surface area contributed by atoms with Crippen LogP contribution in [0, 0.1) is 0 Å². The second kappa shape index (κ2) is 5.55. The second-order valence-electron chi connectivity index (χ2n) is 5.94. The monoisotopic (exact) mass is 288 g/mol. The molecule has 1 saturated carbocycles. The average molecular weight is 288 g/mol. The van der Waals surface area contributed by atoms with E-state index in [1.165, 1.54) is 36.7 Å². The van der Waals surface area contributed by atoms with Crippen LogP contribution in [0.3, 0.4) is 0 Å². The molecule has 1 aliphatic heterocycles. The molecule has 3 heterocycles. The first-order valence-electron chi connectivity index (χ1n) is 7.84. The molecular weight excluding hydrogens is 268 g/mol. The molecule has 2 aliphatic rings. The maximum Gasteiger partial charge on any atom is 0.200 e. The van der Waals surface area contributed by atoms with Crippen LogP contribution in [0.4, 0.5) is 5.82 Å². The van der Waals surface area contributed by atoms with Crippen LogP contribution in [0.1, 0.15) is 38.5 Å². The number of tetrazole rings is 1. The van der Waals surface area contributed by atoms with E-state index in [2.05, 4.69) is 25.5 Å². The van der Waals surface area contributed by atoms with Crippen LogP contribution >= 0.6 is 0 Å². The van der Waals surface area contributed by atoms with Crippen LogP contribution in [-0.4, -0.2) is 50.6 Å². The smallest absolute Gasteiger partial charge is 0.200 e. The molecular formula is C14H20N6O. The highest BCUT2D eigenvalue weighted by atomic mass is 16.5. The summed E-state index contributed by atoms with van der Waals surface area (Å²) >= 11 is 0. The third kappa shape index (κ3) is 2.57. The highest BCUT2D eigenvalue weighted by Gasteiger charge is 2.28. The minimum atomic E-state index is 0.331. The molecule has 1 saturated heterocycles. The number of fused-ring (bicyclic) bond motifs is 1. The van der Waals surface area contributed by atoms with Crippen molar-refractivity contribution in [3.63, 3.8) is 0 Å². The summed E-state index contributed by atoms with van der Waals surface area (Å²) in [5, 5.41) is 16.1. The zero-order valence-electron chi connectivity index (χ0n) is 12.1. The van der Waals surface area contributed by atoms with E-state index >= 15 is 0 Å². The van der Waals surface area contributed by atoms with E-state index in [-0.39, 0.29) is 0 Å². The second-order valence-corrected chi connectivity index (χ2v) is 5.94. The van der Waals surface area contributed by atoms with E-state index in [1.54, 1.807) is 0 Å². The Bertz CT molecular complexity index is 602. The first kappa shape index (κ1) is 12.9. The van der Waals surface area contributed by atoms with E-state index < -0.39 is 0 Å². The highest BCUT2D eigenvalue weighted by Crippen LogP contribution is 2.28. The summed E-state index contributed by atoms with van der Waals surface area (Å²) in [5.74, 6) is 0.956. The predicted octanol–water partition coefficient (Wildman–Crippen LogP) is 1.45. The van der Waals surface area contributed by atoms with Gasteiger partial charge in [-0.1, -0.05) is 12.8 Å². The van der Waals surface area contributed by atoms with Crippen LogP contribution in [0.5, 0.6) is 0 Å². The van der Waals surface area contributed by atoms with Gasteiger partial charge in [-0.05, 0) is 48.2 Å². The zero-order valence-corrected chi connectivity index (χ0v) is 12.1. The van der Waals surface area contributed by atoms with Gasteiger partial charge in [0.25, 0.3) is 0 Å². The number of rotatable bonds is 4. The molecule has 2 fully saturated rings. The Morgan fingerprint density at radius 3 is 2.90 bits per heavy atom.